The highest BCUT2D eigenvalue weighted by atomic mass is 35.5. The number of aliphatic hydroxyl groups excluding tert-OH is 1. The van der Waals surface area contributed by atoms with Crippen LogP contribution in [0.3, 0.4) is 0 Å². The molecule has 0 aliphatic rings. The average Bonchev–Trinajstić information content (AvgIpc) is 2.48. The molecule has 0 amide bonds. The minimum Gasteiger partial charge on any atom is -0.364 e. The first-order chi connectivity index (χ1) is 10.1. The smallest absolute Gasteiger partial charge is 0.182 e. The van der Waals surface area contributed by atoms with Crippen LogP contribution in [0.4, 0.5) is 11.6 Å². The van der Waals surface area contributed by atoms with Gasteiger partial charge in [0, 0.05) is 11.6 Å². The van der Waals surface area contributed by atoms with E-state index in [9.17, 15) is 10.2 Å². The summed E-state index contributed by atoms with van der Waals surface area (Å²) < 4.78 is 0. The van der Waals surface area contributed by atoms with Crippen molar-refractivity contribution in [2.45, 2.75) is 6.29 Å². The monoisotopic (exact) mass is 301 g/mol. The molecule has 0 fully saturated rings. The molecule has 0 unspecified atom stereocenters. The minimum atomic E-state index is -1.61. The van der Waals surface area contributed by atoms with E-state index in [0.717, 1.165) is 5.39 Å². The molecule has 2 heterocycles. The van der Waals surface area contributed by atoms with E-state index < -0.39 is 6.29 Å². The van der Waals surface area contributed by atoms with Crippen LogP contribution >= 0.6 is 11.6 Å². The van der Waals surface area contributed by atoms with Crippen LogP contribution in [-0.4, -0.2) is 20.2 Å². The van der Waals surface area contributed by atoms with Crippen molar-refractivity contribution in [3.8, 4) is 0 Å². The van der Waals surface area contributed by atoms with Crippen LogP contribution in [0.25, 0.3) is 10.9 Å². The molecule has 0 aliphatic heterocycles. The summed E-state index contributed by atoms with van der Waals surface area (Å²) in [4.78, 5) is 8.52. The maximum Gasteiger partial charge on any atom is 0.182 e. The number of nitrogens with one attached hydrogen (secondary N) is 1. The van der Waals surface area contributed by atoms with E-state index in [-0.39, 0.29) is 5.56 Å². The van der Waals surface area contributed by atoms with E-state index in [1.807, 2.05) is 18.2 Å². The fourth-order valence-corrected chi connectivity index (χ4v) is 2.26. The lowest BCUT2D eigenvalue weighted by atomic mass is 10.2. The Labute approximate surface area is 125 Å². The fraction of sp³-hybridized carbons (Fsp3) is 0.0667. The largest absolute Gasteiger partial charge is 0.364 e. The number of benzene rings is 1. The molecule has 0 spiro atoms. The van der Waals surface area contributed by atoms with Gasteiger partial charge in [-0.2, -0.15) is 0 Å². The number of anilines is 2. The second-order valence-corrected chi connectivity index (χ2v) is 4.86. The second-order valence-electron chi connectivity index (χ2n) is 4.45. The first-order valence-corrected chi connectivity index (χ1v) is 6.66. The van der Waals surface area contributed by atoms with Gasteiger partial charge in [-0.15, -0.1) is 0 Å². The van der Waals surface area contributed by atoms with E-state index in [1.54, 1.807) is 30.5 Å². The number of halogens is 1. The molecule has 0 saturated heterocycles. The predicted octanol–water partition coefficient (Wildman–Crippen LogP) is 3.01. The van der Waals surface area contributed by atoms with Gasteiger partial charge in [-0.3, -0.25) is 0 Å². The summed E-state index contributed by atoms with van der Waals surface area (Å²) in [6, 6.07) is 12.4. The number of para-hydroxylation sites is 1. The Morgan fingerprint density at radius 1 is 1.05 bits per heavy atom. The van der Waals surface area contributed by atoms with Crippen LogP contribution in [0.2, 0.25) is 5.02 Å². The summed E-state index contributed by atoms with van der Waals surface area (Å²) in [6.07, 6.45) is -0.0485. The number of pyridine rings is 2. The topological polar surface area (TPSA) is 78.3 Å². The van der Waals surface area contributed by atoms with Crippen LogP contribution in [0, 0.1) is 0 Å². The first-order valence-electron chi connectivity index (χ1n) is 6.28. The van der Waals surface area contributed by atoms with Gasteiger partial charge in [0.05, 0.1) is 16.1 Å². The van der Waals surface area contributed by atoms with Crippen molar-refractivity contribution < 1.29 is 10.2 Å². The SMILES string of the molecule is OC(O)c1cccnc1Nc1ccc2cccc(Cl)c2n1. The lowest BCUT2D eigenvalue weighted by molar-refractivity contribution is -0.0420. The molecule has 0 atom stereocenters. The summed E-state index contributed by atoms with van der Waals surface area (Å²) >= 11 is 6.13. The minimum absolute atomic E-state index is 0.276. The third kappa shape index (κ3) is 2.80. The molecule has 106 valence electrons. The molecule has 6 heteroatoms. The molecule has 3 aromatic rings. The van der Waals surface area contributed by atoms with Gasteiger partial charge in [-0.1, -0.05) is 23.7 Å². The number of aliphatic hydroxyl groups is 2. The summed E-state index contributed by atoms with van der Waals surface area (Å²) in [5.41, 5.74) is 0.949. The Kier molecular flexibility index (Phi) is 3.70. The Balaban J connectivity index is 2.01. The molecule has 21 heavy (non-hydrogen) atoms. The third-order valence-corrected chi connectivity index (χ3v) is 3.34. The van der Waals surface area contributed by atoms with Crippen molar-refractivity contribution >= 4 is 34.1 Å². The molecular formula is C15H12ClN3O2. The van der Waals surface area contributed by atoms with E-state index >= 15 is 0 Å². The number of hydrogen-bond acceptors (Lipinski definition) is 5. The van der Waals surface area contributed by atoms with Gasteiger partial charge < -0.3 is 15.5 Å². The van der Waals surface area contributed by atoms with Gasteiger partial charge in [-0.05, 0) is 30.3 Å². The van der Waals surface area contributed by atoms with Crippen LogP contribution in [0.15, 0.2) is 48.7 Å². The normalized spacial score (nSPS) is 11.0. The average molecular weight is 302 g/mol. The van der Waals surface area contributed by atoms with Gasteiger partial charge in [0.1, 0.15) is 11.6 Å². The van der Waals surface area contributed by atoms with Crippen molar-refractivity contribution in [2.75, 3.05) is 5.32 Å². The Hall–Kier alpha value is -2.21. The van der Waals surface area contributed by atoms with Gasteiger partial charge in [0.15, 0.2) is 6.29 Å². The lowest BCUT2D eigenvalue weighted by Gasteiger charge is -2.12. The number of hydrogen-bond donors (Lipinski definition) is 3. The van der Waals surface area contributed by atoms with Crippen LogP contribution in [0.1, 0.15) is 11.9 Å². The number of fused-ring (bicyclic) bond motifs is 1. The van der Waals surface area contributed by atoms with Crippen LogP contribution in [-0.2, 0) is 0 Å². The summed E-state index contributed by atoms with van der Waals surface area (Å²) in [5, 5.41) is 23.1. The van der Waals surface area contributed by atoms with Crippen molar-refractivity contribution in [1.29, 1.82) is 0 Å². The first kappa shape index (κ1) is 13.8. The molecule has 2 aromatic heterocycles. The van der Waals surface area contributed by atoms with Crippen molar-refractivity contribution in [2.24, 2.45) is 0 Å². The molecular weight excluding hydrogens is 290 g/mol. The van der Waals surface area contributed by atoms with Gasteiger partial charge >= 0.3 is 0 Å². The quantitative estimate of drug-likeness (QED) is 0.648. The maximum absolute atomic E-state index is 9.33. The van der Waals surface area contributed by atoms with Gasteiger partial charge in [0.2, 0.25) is 0 Å². The van der Waals surface area contributed by atoms with Crippen molar-refractivity contribution in [3.63, 3.8) is 0 Å². The van der Waals surface area contributed by atoms with Crippen LogP contribution in [0.5, 0.6) is 0 Å². The Morgan fingerprint density at radius 2 is 1.90 bits per heavy atom. The molecule has 0 saturated carbocycles. The molecule has 5 nitrogen and oxygen atoms in total. The van der Waals surface area contributed by atoms with E-state index in [0.29, 0.717) is 22.2 Å². The maximum atomic E-state index is 9.33. The second kappa shape index (κ2) is 5.65. The summed E-state index contributed by atoms with van der Waals surface area (Å²) in [6.45, 7) is 0. The molecule has 0 aliphatic carbocycles. The van der Waals surface area contributed by atoms with E-state index in [1.165, 1.54) is 0 Å². The van der Waals surface area contributed by atoms with Crippen LogP contribution < -0.4 is 5.32 Å². The summed E-state index contributed by atoms with van der Waals surface area (Å²) in [5.74, 6) is 0.864. The van der Waals surface area contributed by atoms with Crippen molar-refractivity contribution in [1.82, 2.24) is 9.97 Å². The molecule has 1 aromatic carbocycles. The highest BCUT2D eigenvalue weighted by molar-refractivity contribution is 6.35. The highest BCUT2D eigenvalue weighted by Gasteiger charge is 2.11. The van der Waals surface area contributed by atoms with Gasteiger partial charge in [-0.25, -0.2) is 9.97 Å². The zero-order chi connectivity index (χ0) is 14.8. The molecule has 0 bridgehead atoms. The molecule has 0 radical (unpaired) electrons. The van der Waals surface area contributed by atoms with E-state index in [4.69, 9.17) is 11.6 Å². The summed E-state index contributed by atoms with van der Waals surface area (Å²) in [7, 11) is 0. The van der Waals surface area contributed by atoms with Crippen molar-refractivity contribution in [3.05, 3.63) is 59.2 Å². The standard InChI is InChI=1S/C15H12ClN3O2/c16-11-5-1-3-9-6-7-12(18-13(9)11)19-14-10(15(20)21)4-2-8-17-14/h1-8,15,20-21H,(H,17,18,19). The fourth-order valence-electron chi connectivity index (χ4n) is 2.03. The third-order valence-electron chi connectivity index (χ3n) is 3.03. The molecule has 3 rings (SSSR count). The molecule has 3 N–H and O–H groups in total. The Bertz CT molecular complexity index is 793. The number of rotatable bonds is 3. The predicted molar refractivity (Wildman–Crippen MR) is 81.5 cm³/mol. The van der Waals surface area contributed by atoms with Gasteiger partial charge in [0.25, 0.3) is 0 Å². The zero-order valence-electron chi connectivity index (χ0n) is 10.9. The zero-order valence-corrected chi connectivity index (χ0v) is 11.6. The number of aromatic nitrogens is 2. The van der Waals surface area contributed by atoms with E-state index in [2.05, 4.69) is 15.3 Å². The lowest BCUT2D eigenvalue weighted by Crippen LogP contribution is -2.04. The highest BCUT2D eigenvalue weighted by Crippen LogP contribution is 2.26. The number of nitrogens with zero attached hydrogens (tertiary/aromatic N) is 2. The Morgan fingerprint density at radius 3 is 2.71 bits per heavy atom.